The second-order valence-electron chi connectivity index (χ2n) is 7.97. The van der Waals surface area contributed by atoms with Crippen molar-refractivity contribution in [2.24, 2.45) is 0 Å². The molecule has 1 aromatic carbocycles. The highest BCUT2D eigenvalue weighted by molar-refractivity contribution is 6.30. The maximum Gasteiger partial charge on any atom is 0.408 e. The van der Waals surface area contributed by atoms with E-state index < -0.39 is 17.2 Å². The van der Waals surface area contributed by atoms with Crippen LogP contribution in [-0.4, -0.2) is 32.0 Å². The summed E-state index contributed by atoms with van der Waals surface area (Å²) in [6.07, 6.45) is 0.274. The average molecular weight is 379 g/mol. The lowest BCUT2D eigenvalue weighted by molar-refractivity contribution is 0.0465. The molecule has 1 aromatic heterocycles. The Labute approximate surface area is 159 Å². The molecule has 1 N–H and O–H groups in total. The number of carbonyl (C=O) groups excluding carboxylic acids is 1. The number of hydrogen-bond donors (Lipinski definition) is 1. The molecule has 1 heterocycles. The number of nitrogens with zero attached hydrogens (tertiary/aromatic N) is 3. The summed E-state index contributed by atoms with van der Waals surface area (Å²) >= 11 is 5.93. The number of rotatable bonds is 5. The molecule has 7 heteroatoms. The van der Waals surface area contributed by atoms with Gasteiger partial charge in [-0.2, -0.15) is 5.10 Å². The molecule has 0 aliphatic heterocycles. The molecule has 0 saturated carbocycles. The van der Waals surface area contributed by atoms with Gasteiger partial charge < -0.3 is 10.1 Å². The zero-order valence-electron chi connectivity index (χ0n) is 16.3. The minimum atomic E-state index is -0.518. The van der Waals surface area contributed by atoms with Crippen LogP contribution in [0.5, 0.6) is 0 Å². The Morgan fingerprint density at radius 3 is 2.38 bits per heavy atom. The van der Waals surface area contributed by atoms with Gasteiger partial charge in [0.1, 0.15) is 11.4 Å². The van der Waals surface area contributed by atoms with Crippen LogP contribution >= 0.6 is 11.6 Å². The molecule has 0 atom stereocenters. The van der Waals surface area contributed by atoms with Crippen LogP contribution in [0.15, 0.2) is 24.3 Å². The van der Waals surface area contributed by atoms with E-state index in [4.69, 9.17) is 16.3 Å². The van der Waals surface area contributed by atoms with E-state index in [2.05, 4.69) is 15.4 Å². The van der Waals surface area contributed by atoms with Crippen molar-refractivity contribution in [1.82, 2.24) is 20.1 Å². The van der Waals surface area contributed by atoms with Gasteiger partial charge in [0, 0.05) is 22.7 Å². The topological polar surface area (TPSA) is 69.0 Å². The lowest BCUT2D eigenvalue weighted by atomic mass is 10.0. The SMILES string of the molecule is Cc1nc(-c2ccc(Cl)cc2)nn1CCC(C)(C)NC(=O)OC(C)(C)C. The van der Waals surface area contributed by atoms with Gasteiger partial charge in [0.2, 0.25) is 0 Å². The molecular weight excluding hydrogens is 352 g/mol. The van der Waals surface area contributed by atoms with Gasteiger partial charge in [-0.25, -0.2) is 14.5 Å². The summed E-state index contributed by atoms with van der Waals surface area (Å²) in [5.41, 5.74) is -0.0282. The summed E-state index contributed by atoms with van der Waals surface area (Å²) in [5.74, 6) is 1.49. The predicted molar refractivity (Wildman–Crippen MR) is 103 cm³/mol. The number of alkyl carbamates (subject to hydrolysis) is 1. The van der Waals surface area contributed by atoms with Crippen LogP contribution < -0.4 is 5.32 Å². The zero-order valence-corrected chi connectivity index (χ0v) is 17.0. The lowest BCUT2D eigenvalue weighted by Gasteiger charge is -2.28. The Hall–Kier alpha value is -2.08. The van der Waals surface area contributed by atoms with Crippen LogP contribution in [0, 0.1) is 6.92 Å². The van der Waals surface area contributed by atoms with Gasteiger partial charge in [-0.3, -0.25) is 0 Å². The molecule has 2 rings (SSSR count). The van der Waals surface area contributed by atoms with E-state index in [1.165, 1.54) is 0 Å². The maximum absolute atomic E-state index is 12.0. The van der Waals surface area contributed by atoms with Crippen LogP contribution in [0.3, 0.4) is 0 Å². The van der Waals surface area contributed by atoms with Crippen molar-refractivity contribution < 1.29 is 9.53 Å². The van der Waals surface area contributed by atoms with Crippen molar-refractivity contribution in [1.29, 1.82) is 0 Å². The summed E-state index contributed by atoms with van der Waals surface area (Å²) in [5, 5.41) is 8.16. The second-order valence-corrected chi connectivity index (χ2v) is 8.41. The Bertz CT molecular complexity index is 761. The molecule has 26 heavy (non-hydrogen) atoms. The number of benzene rings is 1. The molecule has 142 valence electrons. The normalized spacial score (nSPS) is 12.1. The number of nitrogens with one attached hydrogen (secondary N) is 1. The van der Waals surface area contributed by atoms with Gasteiger partial charge >= 0.3 is 6.09 Å². The molecule has 2 aromatic rings. The van der Waals surface area contributed by atoms with E-state index in [0.717, 1.165) is 11.4 Å². The number of hydrogen-bond acceptors (Lipinski definition) is 4. The monoisotopic (exact) mass is 378 g/mol. The standard InChI is InChI=1S/C19H27ClN4O2/c1-13-21-16(14-7-9-15(20)10-8-14)23-24(13)12-11-19(5,6)22-17(25)26-18(2,3)4/h7-10H,11-12H2,1-6H3,(H,22,25). The van der Waals surface area contributed by atoms with Crippen LogP contribution in [0.2, 0.25) is 5.02 Å². The number of amides is 1. The summed E-state index contributed by atoms with van der Waals surface area (Å²) in [4.78, 5) is 16.5. The van der Waals surface area contributed by atoms with Gasteiger partial charge in [-0.15, -0.1) is 0 Å². The Morgan fingerprint density at radius 1 is 1.19 bits per heavy atom. The molecule has 0 saturated heterocycles. The van der Waals surface area contributed by atoms with Gasteiger partial charge in [-0.05, 0) is 72.2 Å². The lowest BCUT2D eigenvalue weighted by Crippen LogP contribution is -2.46. The second kappa shape index (κ2) is 7.66. The minimum absolute atomic E-state index is 0.417. The van der Waals surface area contributed by atoms with E-state index in [1.807, 2.05) is 70.5 Å². The van der Waals surface area contributed by atoms with Crippen LogP contribution in [0.4, 0.5) is 4.79 Å². The Morgan fingerprint density at radius 2 is 1.81 bits per heavy atom. The largest absolute Gasteiger partial charge is 0.444 e. The third-order valence-electron chi connectivity index (χ3n) is 3.75. The summed E-state index contributed by atoms with van der Waals surface area (Å²) in [6.45, 7) is 12.0. The first kappa shape index (κ1) is 20.2. The highest BCUT2D eigenvalue weighted by Gasteiger charge is 2.25. The first-order chi connectivity index (χ1) is 12.0. The molecule has 0 bridgehead atoms. The van der Waals surface area contributed by atoms with Gasteiger partial charge in [0.25, 0.3) is 0 Å². The number of halogens is 1. The molecule has 6 nitrogen and oxygen atoms in total. The number of aryl methyl sites for hydroxylation is 2. The molecule has 0 radical (unpaired) electrons. The Kier molecular flexibility index (Phi) is 5.96. The smallest absolute Gasteiger partial charge is 0.408 e. The van der Waals surface area contributed by atoms with Crippen molar-refractivity contribution in [2.75, 3.05) is 0 Å². The van der Waals surface area contributed by atoms with Crippen molar-refractivity contribution in [3.05, 3.63) is 35.1 Å². The maximum atomic E-state index is 12.0. The fourth-order valence-electron chi connectivity index (χ4n) is 2.38. The fraction of sp³-hybridized carbons (Fsp3) is 0.526. The summed E-state index contributed by atoms with van der Waals surface area (Å²) < 4.78 is 7.17. The third-order valence-corrected chi connectivity index (χ3v) is 4.00. The first-order valence-corrected chi connectivity index (χ1v) is 9.01. The molecule has 0 fully saturated rings. The molecule has 0 unspecified atom stereocenters. The highest BCUT2D eigenvalue weighted by atomic mass is 35.5. The van der Waals surface area contributed by atoms with Gasteiger partial charge in [0.15, 0.2) is 5.82 Å². The van der Waals surface area contributed by atoms with Crippen molar-refractivity contribution in [3.8, 4) is 11.4 Å². The Balaban J connectivity index is 2.00. The first-order valence-electron chi connectivity index (χ1n) is 8.64. The minimum Gasteiger partial charge on any atom is -0.444 e. The van der Waals surface area contributed by atoms with Crippen LogP contribution in [0.25, 0.3) is 11.4 Å². The number of aromatic nitrogens is 3. The van der Waals surface area contributed by atoms with Gasteiger partial charge in [0.05, 0.1) is 0 Å². The number of carbonyl (C=O) groups is 1. The molecule has 0 spiro atoms. The third kappa shape index (κ3) is 6.02. The molecular formula is C19H27ClN4O2. The fourth-order valence-corrected chi connectivity index (χ4v) is 2.51. The van der Waals surface area contributed by atoms with Gasteiger partial charge in [-0.1, -0.05) is 11.6 Å². The van der Waals surface area contributed by atoms with Crippen molar-refractivity contribution in [2.45, 2.75) is 65.6 Å². The van der Waals surface area contributed by atoms with E-state index in [1.54, 1.807) is 0 Å². The van der Waals surface area contributed by atoms with E-state index in [-0.39, 0.29) is 0 Å². The highest BCUT2D eigenvalue weighted by Crippen LogP contribution is 2.19. The average Bonchev–Trinajstić information content (AvgIpc) is 2.84. The number of ether oxygens (including phenoxy) is 1. The van der Waals surface area contributed by atoms with Crippen LogP contribution in [0.1, 0.15) is 46.9 Å². The van der Waals surface area contributed by atoms with Crippen LogP contribution in [-0.2, 0) is 11.3 Å². The predicted octanol–water partition coefficient (Wildman–Crippen LogP) is 4.60. The van der Waals surface area contributed by atoms with E-state index in [9.17, 15) is 4.79 Å². The molecule has 1 amide bonds. The summed E-state index contributed by atoms with van der Waals surface area (Å²) in [6, 6.07) is 7.44. The quantitative estimate of drug-likeness (QED) is 0.825. The van der Waals surface area contributed by atoms with Crippen molar-refractivity contribution in [3.63, 3.8) is 0 Å². The molecule has 0 aliphatic rings. The molecule has 0 aliphatic carbocycles. The van der Waals surface area contributed by atoms with E-state index in [0.29, 0.717) is 23.8 Å². The van der Waals surface area contributed by atoms with Crippen molar-refractivity contribution >= 4 is 17.7 Å². The van der Waals surface area contributed by atoms with E-state index >= 15 is 0 Å². The zero-order chi connectivity index (χ0) is 19.5. The summed E-state index contributed by atoms with van der Waals surface area (Å²) in [7, 11) is 0.